The average molecular weight is 476 g/mol. The standard InChI is InChI=1S/C20H27ClFN3O5S/c1-2-31(29,30)24-16-3-5-17(6-4-16)25-8-7-20(28,19(25)27)18(26)23-12-13-9-14(21)11-15(22)10-13/h9-11,16-17,24,28H,2-8,12H2,1H3,(H,23,26). The van der Waals surface area contributed by atoms with E-state index >= 15 is 0 Å². The van der Waals surface area contributed by atoms with Gasteiger partial charge in [-0.15, -0.1) is 0 Å². The predicted octanol–water partition coefficient (Wildman–Crippen LogP) is 1.31. The summed E-state index contributed by atoms with van der Waals surface area (Å²) in [7, 11) is -3.29. The van der Waals surface area contributed by atoms with E-state index in [4.69, 9.17) is 11.6 Å². The van der Waals surface area contributed by atoms with E-state index in [1.165, 1.54) is 17.0 Å². The normalized spacial score (nSPS) is 26.8. The lowest BCUT2D eigenvalue weighted by Crippen LogP contribution is -2.54. The van der Waals surface area contributed by atoms with Crippen molar-refractivity contribution in [1.82, 2.24) is 14.9 Å². The van der Waals surface area contributed by atoms with Gasteiger partial charge in [-0.3, -0.25) is 9.59 Å². The van der Waals surface area contributed by atoms with Gasteiger partial charge in [0.05, 0.1) is 5.75 Å². The Labute approximate surface area is 186 Å². The highest BCUT2D eigenvalue weighted by atomic mass is 35.5. The molecule has 3 rings (SSSR count). The number of likely N-dealkylation sites (tertiary alicyclic amines) is 1. The summed E-state index contributed by atoms with van der Waals surface area (Å²) in [5, 5.41) is 13.4. The Hall–Kier alpha value is -1.75. The maximum Gasteiger partial charge on any atom is 0.264 e. The van der Waals surface area contributed by atoms with Crippen LogP contribution in [0.2, 0.25) is 5.02 Å². The molecular weight excluding hydrogens is 449 g/mol. The number of halogens is 2. The van der Waals surface area contributed by atoms with E-state index in [-0.39, 0.29) is 42.4 Å². The minimum absolute atomic E-state index is 0.0154. The van der Waals surface area contributed by atoms with Crippen LogP contribution < -0.4 is 10.0 Å². The van der Waals surface area contributed by atoms with E-state index in [1.807, 2.05) is 0 Å². The molecule has 1 saturated heterocycles. The van der Waals surface area contributed by atoms with E-state index in [0.717, 1.165) is 6.07 Å². The lowest BCUT2D eigenvalue weighted by molar-refractivity contribution is -0.155. The van der Waals surface area contributed by atoms with Gasteiger partial charge in [0.15, 0.2) is 0 Å². The highest BCUT2D eigenvalue weighted by Gasteiger charge is 2.53. The number of sulfonamides is 1. The largest absolute Gasteiger partial charge is 0.372 e. The highest BCUT2D eigenvalue weighted by Crippen LogP contribution is 2.31. The van der Waals surface area contributed by atoms with Crippen LogP contribution in [0.3, 0.4) is 0 Å². The molecule has 1 atom stereocenters. The SMILES string of the molecule is CCS(=O)(=O)NC1CCC(N2CCC(O)(C(=O)NCc3cc(F)cc(Cl)c3)C2=O)CC1. The third kappa shape index (κ3) is 5.54. The second-order valence-electron chi connectivity index (χ2n) is 8.10. The van der Waals surface area contributed by atoms with Gasteiger partial charge in [0.2, 0.25) is 15.6 Å². The zero-order valence-corrected chi connectivity index (χ0v) is 18.8. The van der Waals surface area contributed by atoms with Crippen molar-refractivity contribution in [2.24, 2.45) is 0 Å². The topological polar surface area (TPSA) is 116 Å². The smallest absolute Gasteiger partial charge is 0.264 e. The number of carbonyl (C=O) groups excluding carboxylic acids is 2. The first-order valence-corrected chi connectivity index (χ1v) is 12.3. The third-order valence-corrected chi connectivity index (χ3v) is 7.61. The van der Waals surface area contributed by atoms with Crippen LogP contribution in [0.15, 0.2) is 18.2 Å². The molecule has 1 aromatic carbocycles. The van der Waals surface area contributed by atoms with Crippen molar-refractivity contribution in [3.63, 3.8) is 0 Å². The first-order valence-electron chi connectivity index (χ1n) is 10.3. The molecule has 1 saturated carbocycles. The molecule has 1 aliphatic carbocycles. The van der Waals surface area contributed by atoms with E-state index in [0.29, 0.717) is 31.2 Å². The minimum Gasteiger partial charge on any atom is -0.372 e. The van der Waals surface area contributed by atoms with E-state index in [2.05, 4.69) is 10.0 Å². The molecule has 0 aromatic heterocycles. The van der Waals surface area contributed by atoms with Gasteiger partial charge in [-0.05, 0) is 56.4 Å². The number of hydrogen-bond donors (Lipinski definition) is 3. The van der Waals surface area contributed by atoms with Gasteiger partial charge in [0.1, 0.15) is 5.82 Å². The Bertz CT molecular complexity index is 932. The molecule has 1 aromatic rings. The first kappa shape index (κ1) is 23.9. The van der Waals surface area contributed by atoms with Crippen LogP contribution >= 0.6 is 11.6 Å². The van der Waals surface area contributed by atoms with E-state index in [9.17, 15) is 27.5 Å². The third-order valence-electron chi connectivity index (χ3n) is 5.94. The highest BCUT2D eigenvalue weighted by molar-refractivity contribution is 7.89. The van der Waals surface area contributed by atoms with Crippen LogP contribution in [-0.2, 0) is 26.2 Å². The molecule has 1 unspecified atom stereocenters. The molecule has 0 bridgehead atoms. The summed E-state index contributed by atoms with van der Waals surface area (Å²) in [4.78, 5) is 27.0. The summed E-state index contributed by atoms with van der Waals surface area (Å²) < 4.78 is 39.6. The number of aliphatic hydroxyl groups is 1. The fourth-order valence-electron chi connectivity index (χ4n) is 4.17. The van der Waals surface area contributed by atoms with Crippen LogP contribution in [0.25, 0.3) is 0 Å². The van der Waals surface area contributed by atoms with Gasteiger partial charge in [0, 0.05) is 36.6 Å². The van der Waals surface area contributed by atoms with Gasteiger partial charge in [0.25, 0.3) is 11.8 Å². The van der Waals surface area contributed by atoms with E-state index in [1.54, 1.807) is 6.92 Å². The summed E-state index contributed by atoms with van der Waals surface area (Å²) >= 11 is 5.80. The molecule has 1 heterocycles. The second kappa shape index (κ2) is 9.40. The molecule has 11 heteroatoms. The Kier molecular flexibility index (Phi) is 7.25. The Morgan fingerprint density at radius 3 is 2.58 bits per heavy atom. The van der Waals surface area contributed by atoms with Crippen molar-refractivity contribution in [3.8, 4) is 0 Å². The lowest BCUT2D eigenvalue weighted by Gasteiger charge is -2.35. The molecule has 1 aliphatic heterocycles. The first-order chi connectivity index (χ1) is 14.5. The molecule has 3 N–H and O–H groups in total. The quantitative estimate of drug-likeness (QED) is 0.514. The monoisotopic (exact) mass is 475 g/mol. The molecule has 0 radical (unpaired) electrons. The fourth-order valence-corrected chi connectivity index (χ4v) is 5.33. The van der Waals surface area contributed by atoms with Crippen molar-refractivity contribution in [2.45, 2.75) is 63.3 Å². The van der Waals surface area contributed by atoms with Crippen molar-refractivity contribution in [1.29, 1.82) is 0 Å². The maximum atomic E-state index is 13.4. The Morgan fingerprint density at radius 2 is 1.97 bits per heavy atom. The van der Waals surface area contributed by atoms with Gasteiger partial charge in [-0.2, -0.15) is 0 Å². The summed E-state index contributed by atoms with van der Waals surface area (Å²) in [5.74, 6) is -2.01. The van der Waals surface area contributed by atoms with Crippen molar-refractivity contribution in [3.05, 3.63) is 34.6 Å². The van der Waals surface area contributed by atoms with Gasteiger partial charge >= 0.3 is 0 Å². The summed E-state index contributed by atoms with van der Waals surface area (Å²) in [6, 6.07) is 3.52. The number of hydrogen-bond acceptors (Lipinski definition) is 5. The number of nitrogens with zero attached hydrogens (tertiary/aromatic N) is 1. The molecular formula is C20H27ClFN3O5S. The van der Waals surface area contributed by atoms with Crippen LogP contribution in [0.1, 0.15) is 44.6 Å². The molecule has 2 aliphatic rings. The summed E-state index contributed by atoms with van der Waals surface area (Å²) in [6.45, 7) is 1.74. The van der Waals surface area contributed by atoms with Gasteiger partial charge < -0.3 is 15.3 Å². The molecule has 0 spiro atoms. The fraction of sp³-hybridized carbons (Fsp3) is 0.600. The minimum atomic E-state index is -3.29. The number of carbonyl (C=O) groups is 2. The predicted molar refractivity (Wildman–Crippen MR) is 113 cm³/mol. The van der Waals surface area contributed by atoms with Crippen LogP contribution in [-0.4, -0.2) is 60.2 Å². The zero-order chi connectivity index (χ0) is 22.8. The maximum absolute atomic E-state index is 13.4. The number of benzene rings is 1. The summed E-state index contributed by atoms with van der Waals surface area (Å²) in [5.41, 5.74) is -1.75. The van der Waals surface area contributed by atoms with Gasteiger partial charge in [-0.1, -0.05) is 11.6 Å². The molecule has 2 fully saturated rings. The molecule has 8 nitrogen and oxygen atoms in total. The Morgan fingerprint density at radius 1 is 1.29 bits per heavy atom. The van der Waals surface area contributed by atoms with Crippen LogP contribution in [0.4, 0.5) is 4.39 Å². The molecule has 31 heavy (non-hydrogen) atoms. The van der Waals surface area contributed by atoms with Gasteiger partial charge in [-0.25, -0.2) is 17.5 Å². The number of amides is 2. The molecule has 172 valence electrons. The van der Waals surface area contributed by atoms with E-state index < -0.39 is 33.3 Å². The zero-order valence-electron chi connectivity index (χ0n) is 17.2. The van der Waals surface area contributed by atoms with Crippen molar-refractivity contribution >= 4 is 33.4 Å². The summed E-state index contributed by atoms with van der Waals surface area (Å²) in [6.07, 6.45) is 2.30. The second-order valence-corrected chi connectivity index (χ2v) is 10.6. The van der Waals surface area contributed by atoms with Crippen molar-refractivity contribution < 1.29 is 27.5 Å². The average Bonchev–Trinajstić information content (AvgIpc) is 3.02. The van der Waals surface area contributed by atoms with Crippen molar-refractivity contribution in [2.75, 3.05) is 12.3 Å². The lowest BCUT2D eigenvalue weighted by atomic mass is 9.90. The number of nitrogens with one attached hydrogen (secondary N) is 2. The number of rotatable bonds is 7. The van der Waals surface area contributed by atoms with Crippen LogP contribution in [0, 0.1) is 5.82 Å². The molecule has 2 amide bonds. The Balaban J connectivity index is 1.56. The van der Waals surface area contributed by atoms with Crippen LogP contribution in [0.5, 0.6) is 0 Å².